The molecule has 1 aliphatic carbocycles. The minimum atomic E-state index is -0.150. The van der Waals surface area contributed by atoms with Gasteiger partial charge in [0.2, 0.25) is 0 Å². The SMILES string of the molecule is C=CCC1C=CC(=O)C=C1O. The average molecular weight is 150 g/mol. The summed E-state index contributed by atoms with van der Waals surface area (Å²) in [5.74, 6) is -0.0644. The fraction of sp³-hybridized carbons (Fsp3) is 0.222. The summed E-state index contributed by atoms with van der Waals surface area (Å²) in [4.78, 5) is 10.7. The number of carbonyl (C=O) groups is 1. The molecule has 1 rings (SSSR count). The number of hydrogen-bond donors (Lipinski definition) is 1. The van der Waals surface area contributed by atoms with Crippen LogP contribution in [0.5, 0.6) is 0 Å². The predicted octanol–water partition coefficient (Wildman–Crippen LogP) is 1.76. The van der Waals surface area contributed by atoms with Crippen molar-refractivity contribution in [1.29, 1.82) is 0 Å². The van der Waals surface area contributed by atoms with Gasteiger partial charge in [-0.15, -0.1) is 6.58 Å². The minimum absolute atomic E-state index is 0.0507. The van der Waals surface area contributed by atoms with Gasteiger partial charge in [-0.3, -0.25) is 4.79 Å². The minimum Gasteiger partial charge on any atom is -0.512 e. The molecule has 58 valence electrons. The summed E-state index contributed by atoms with van der Waals surface area (Å²) in [6, 6.07) is 0. The van der Waals surface area contributed by atoms with Gasteiger partial charge in [-0.25, -0.2) is 0 Å². The van der Waals surface area contributed by atoms with E-state index >= 15 is 0 Å². The zero-order valence-corrected chi connectivity index (χ0v) is 6.16. The van der Waals surface area contributed by atoms with Crippen LogP contribution in [0.15, 0.2) is 36.6 Å². The van der Waals surface area contributed by atoms with Crippen molar-refractivity contribution in [1.82, 2.24) is 0 Å². The number of carbonyl (C=O) groups excluding carboxylic acids is 1. The van der Waals surface area contributed by atoms with E-state index in [-0.39, 0.29) is 17.5 Å². The lowest BCUT2D eigenvalue weighted by Crippen LogP contribution is -2.07. The number of allylic oxidation sites excluding steroid dienone is 4. The quantitative estimate of drug-likeness (QED) is 0.609. The Bertz CT molecular complexity index is 236. The van der Waals surface area contributed by atoms with Crippen molar-refractivity contribution in [3.63, 3.8) is 0 Å². The van der Waals surface area contributed by atoms with Crippen LogP contribution in [0.3, 0.4) is 0 Å². The monoisotopic (exact) mass is 150 g/mol. The fourth-order valence-electron chi connectivity index (χ4n) is 0.989. The number of rotatable bonds is 2. The summed E-state index contributed by atoms with van der Waals surface area (Å²) in [5, 5.41) is 9.21. The lowest BCUT2D eigenvalue weighted by atomic mass is 9.97. The van der Waals surface area contributed by atoms with Crippen LogP contribution in [0.1, 0.15) is 6.42 Å². The first-order chi connectivity index (χ1) is 5.24. The average Bonchev–Trinajstić information content (AvgIpc) is 1.95. The van der Waals surface area contributed by atoms with Gasteiger partial charge in [0.1, 0.15) is 5.76 Å². The van der Waals surface area contributed by atoms with Gasteiger partial charge in [0.25, 0.3) is 0 Å². The molecule has 0 radical (unpaired) electrons. The Kier molecular flexibility index (Phi) is 2.26. The molecule has 1 aliphatic rings. The van der Waals surface area contributed by atoms with E-state index in [2.05, 4.69) is 6.58 Å². The third-order valence-corrected chi connectivity index (χ3v) is 1.58. The molecule has 0 aromatic carbocycles. The van der Waals surface area contributed by atoms with Crippen LogP contribution < -0.4 is 0 Å². The molecule has 1 unspecified atom stereocenters. The lowest BCUT2D eigenvalue weighted by molar-refractivity contribution is -0.110. The maximum absolute atomic E-state index is 10.7. The van der Waals surface area contributed by atoms with Crippen LogP contribution in [0.4, 0.5) is 0 Å². The van der Waals surface area contributed by atoms with E-state index in [9.17, 15) is 9.90 Å². The topological polar surface area (TPSA) is 37.3 Å². The summed E-state index contributed by atoms with van der Waals surface area (Å²) in [6.07, 6.45) is 6.79. The van der Waals surface area contributed by atoms with Crippen LogP contribution in [0, 0.1) is 5.92 Å². The Balaban J connectivity index is 2.71. The third-order valence-electron chi connectivity index (χ3n) is 1.58. The Hall–Kier alpha value is -1.31. The lowest BCUT2D eigenvalue weighted by Gasteiger charge is -2.11. The molecule has 1 atom stereocenters. The van der Waals surface area contributed by atoms with Crippen molar-refractivity contribution < 1.29 is 9.90 Å². The van der Waals surface area contributed by atoms with Crippen molar-refractivity contribution in [3.05, 3.63) is 36.6 Å². The standard InChI is InChI=1S/C9H10O2/c1-2-3-7-4-5-8(10)6-9(7)11/h2,4-7,11H,1,3H2. The molecule has 0 aromatic heterocycles. The highest BCUT2D eigenvalue weighted by atomic mass is 16.3. The van der Waals surface area contributed by atoms with E-state index in [4.69, 9.17) is 0 Å². The van der Waals surface area contributed by atoms with Crippen molar-refractivity contribution in [2.45, 2.75) is 6.42 Å². The molecular weight excluding hydrogens is 140 g/mol. The summed E-state index contributed by atoms with van der Waals surface area (Å²) < 4.78 is 0. The smallest absolute Gasteiger partial charge is 0.181 e. The first-order valence-electron chi connectivity index (χ1n) is 3.47. The van der Waals surface area contributed by atoms with E-state index in [1.54, 1.807) is 12.2 Å². The highest BCUT2D eigenvalue weighted by molar-refractivity contribution is 6.00. The molecule has 0 heterocycles. The molecule has 0 aromatic rings. The highest BCUT2D eigenvalue weighted by Gasteiger charge is 2.13. The zero-order valence-electron chi connectivity index (χ0n) is 6.16. The van der Waals surface area contributed by atoms with Gasteiger partial charge in [-0.05, 0) is 12.5 Å². The molecule has 2 heteroatoms. The maximum atomic E-state index is 10.7. The number of aliphatic hydroxyl groups is 1. The molecule has 11 heavy (non-hydrogen) atoms. The molecule has 0 fully saturated rings. The first-order valence-corrected chi connectivity index (χ1v) is 3.47. The Labute approximate surface area is 65.5 Å². The Morgan fingerprint density at radius 2 is 2.45 bits per heavy atom. The highest BCUT2D eigenvalue weighted by Crippen LogP contribution is 2.18. The molecule has 0 saturated heterocycles. The van der Waals surface area contributed by atoms with Crippen molar-refractivity contribution >= 4 is 5.78 Å². The van der Waals surface area contributed by atoms with Crippen LogP contribution in [0.2, 0.25) is 0 Å². The molecule has 1 N–H and O–H groups in total. The van der Waals surface area contributed by atoms with E-state index in [1.807, 2.05) is 0 Å². The molecule has 2 nitrogen and oxygen atoms in total. The van der Waals surface area contributed by atoms with Gasteiger partial charge in [0.05, 0.1) is 0 Å². The second-order valence-electron chi connectivity index (χ2n) is 2.46. The number of ketones is 1. The summed E-state index contributed by atoms with van der Waals surface area (Å²) in [7, 11) is 0. The van der Waals surface area contributed by atoms with E-state index in [0.29, 0.717) is 6.42 Å². The van der Waals surface area contributed by atoms with Gasteiger partial charge in [-0.1, -0.05) is 12.2 Å². The summed E-state index contributed by atoms with van der Waals surface area (Å²) in [5.41, 5.74) is 0. The van der Waals surface area contributed by atoms with Gasteiger partial charge in [0.15, 0.2) is 5.78 Å². The maximum Gasteiger partial charge on any atom is 0.181 e. The number of aliphatic hydroxyl groups excluding tert-OH is 1. The van der Waals surface area contributed by atoms with Crippen molar-refractivity contribution in [2.24, 2.45) is 5.92 Å². The molecule has 0 aliphatic heterocycles. The summed E-state index contributed by atoms with van der Waals surface area (Å²) in [6.45, 7) is 3.55. The van der Waals surface area contributed by atoms with E-state index in [0.717, 1.165) is 0 Å². The Morgan fingerprint density at radius 3 is 3.00 bits per heavy atom. The van der Waals surface area contributed by atoms with Crippen LogP contribution >= 0.6 is 0 Å². The first kappa shape index (κ1) is 7.79. The van der Waals surface area contributed by atoms with Gasteiger partial charge < -0.3 is 5.11 Å². The van der Waals surface area contributed by atoms with Gasteiger partial charge in [-0.2, -0.15) is 0 Å². The predicted molar refractivity (Wildman–Crippen MR) is 43.2 cm³/mol. The Morgan fingerprint density at radius 1 is 1.73 bits per heavy atom. The van der Waals surface area contributed by atoms with Gasteiger partial charge >= 0.3 is 0 Å². The van der Waals surface area contributed by atoms with E-state index < -0.39 is 0 Å². The van der Waals surface area contributed by atoms with Crippen LogP contribution in [-0.2, 0) is 4.79 Å². The molecule has 0 spiro atoms. The second-order valence-corrected chi connectivity index (χ2v) is 2.46. The van der Waals surface area contributed by atoms with Crippen LogP contribution in [0.25, 0.3) is 0 Å². The van der Waals surface area contributed by atoms with Gasteiger partial charge in [0, 0.05) is 12.0 Å². The fourth-order valence-corrected chi connectivity index (χ4v) is 0.989. The molecule has 0 saturated carbocycles. The van der Waals surface area contributed by atoms with E-state index in [1.165, 1.54) is 12.2 Å². The largest absolute Gasteiger partial charge is 0.512 e. The zero-order chi connectivity index (χ0) is 8.27. The molecule has 0 amide bonds. The van der Waals surface area contributed by atoms with Crippen molar-refractivity contribution in [2.75, 3.05) is 0 Å². The normalized spacial score (nSPS) is 23.1. The summed E-state index contributed by atoms with van der Waals surface area (Å²) >= 11 is 0. The molecular formula is C9H10O2. The second kappa shape index (κ2) is 3.19. The number of hydrogen-bond acceptors (Lipinski definition) is 2. The molecule has 0 bridgehead atoms. The van der Waals surface area contributed by atoms with Crippen LogP contribution in [-0.4, -0.2) is 10.9 Å². The van der Waals surface area contributed by atoms with Crippen molar-refractivity contribution in [3.8, 4) is 0 Å². The third kappa shape index (κ3) is 1.80.